The maximum atomic E-state index is 12.9. The fraction of sp³-hybridized carbons (Fsp3) is 0.545. The van der Waals surface area contributed by atoms with Crippen LogP contribution in [-0.4, -0.2) is 65.6 Å². The number of methoxy groups -OCH3 is 2. The molecule has 1 aromatic rings. The smallest absolute Gasteiger partial charge is 0.308 e. The van der Waals surface area contributed by atoms with Crippen LogP contribution in [0.15, 0.2) is 18.2 Å². The van der Waals surface area contributed by atoms with Gasteiger partial charge in [-0.25, -0.2) is 0 Å². The second-order valence-corrected chi connectivity index (χ2v) is 10.5. The standard InChI is InChI=1S/C22H24Br2N2O7/c1-31-10-3-4-14(32-2)13(7-10)25-15(27)9-33-16(28)5-6-26-21(29)17-11-8-12(18(17)22(26)30)20(24)19(11)23/h3-4,7,11-12,17-20H,5-6,8-9H2,1-2H3,(H,25,27)/t11-,12-,17-,18-,19-,20+/m1/s1. The lowest BCUT2D eigenvalue weighted by molar-refractivity contribution is -0.149. The van der Waals surface area contributed by atoms with E-state index in [4.69, 9.17) is 14.2 Å². The number of nitrogens with one attached hydrogen (secondary N) is 1. The van der Waals surface area contributed by atoms with Crippen LogP contribution < -0.4 is 14.8 Å². The predicted octanol–water partition coefficient (Wildman–Crippen LogP) is 2.35. The van der Waals surface area contributed by atoms with Crippen molar-refractivity contribution in [3.8, 4) is 11.5 Å². The molecule has 33 heavy (non-hydrogen) atoms. The summed E-state index contributed by atoms with van der Waals surface area (Å²) in [6.45, 7) is -0.554. The minimum atomic E-state index is -0.667. The van der Waals surface area contributed by atoms with Crippen molar-refractivity contribution in [1.29, 1.82) is 0 Å². The number of carbonyl (C=O) groups excluding carboxylic acids is 4. The van der Waals surface area contributed by atoms with E-state index in [0.717, 1.165) is 6.42 Å². The summed E-state index contributed by atoms with van der Waals surface area (Å²) in [5, 5.41) is 2.61. The number of likely N-dealkylation sites (tertiary alicyclic amines) is 1. The normalized spacial score (nSPS) is 29.8. The molecule has 2 saturated carbocycles. The Bertz CT molecular complexity index is 955. The Hall–Kier alpha value is -2.14. The molecular formula is C22H24Br2N2O7. The van der Waals surface area contributed by atoms with Crippen LogP contribution in [0.3, 0.4) is 0 Å². The van der Waals surface area contributed by atoms with Crippen LogP contribution >= 0.6 is 31.9 Å². The molecule has 0 spiro atoms. The molecule has 0 unspecified atom stereocenters. The minimum Gasteiger partial charge on any atom is -0.497 e. The van der Waals surface area contributed by atoms with Crippen molar-refractivity contribution in [1.82, 2.24) is 4.90 Å². The Morgan fingerprint density at radius 3 is 2.27 bits per heavy atom. The number of anilines is 1. The second-order valence-electron chi connectivity index (χ2n) is 8.36. The van der Waals surface area contributed by atoms with Crippen molar-refractivity contribution >= 4 is 61.2 Å². The number of amides is 3. The molecule has 0 radical (unpaired) electrons. The van der Waals surface area contributed by atoms with Crippen LogP contribution in [0.25, 0.3) is 0 Å². The molecule has 3 fully saturated rings. The molecular weight excluding hydrogens is 564 g/mol. The maximum absolute atomic E-state index is 12.9. The quantitative estimate of drug-likeness (QED) is 0.282. The fourth-order valence-corrected chi connectivity index (χ4v) is 7.02. The zero-order valence-electron chi connectivity index (χ0n) is 18.1. The number of esters is 1. The number of fused-ring (bicyclic) bond motifs is 5. The predicted molar refractivity (Wildman–Crippen MR) is 124 cm³/mol. The average Bonchev–Trinajstić information content (AvgIpc) is 3.41. The Balaban J connectivity index is 1.27. The molecule has 1 saturated heterocycles. The van der Waals surface area contributed by atoms with Crippen LogP contribution in [0.4, 0.5) is 5.69 Å². The highest BCUT2D eigenvalue weighted by Gasteiger charge is 2.66. The SMILES string of the molecule is COc1ccc(OC)c(NC(=O)COC(=O)CCN2C(=O)[C@@H]3[C@H]4C[C@@H]([C@@H](Br)[C@H]4Br)[C@H]3C2=O)c1. The largest absolute Gasteiger partial charge is 0.497 e. The van der Waals surface area contributed by atoms with Gasteiger partial charge in [-0.05, 0) is 30.4 Å². The van der Waals surface area contributed by atoms with Crippen LogP contribution in [0.1, 0.15) is 12.8 Å². The Morgan fingerprint density at radius 1 is 1.06 bits per heavy atom. The van der Waals surface area contributed by atoms with Crippen LogP contribution in [0.5, 0.6) is 11.5 Å². The number of nitrogens with zero attached hydrogens (tertiary/aromatic N) is 1. The first-order chi connectivity index (χ1) is 15.8. The molecule has 1 heterocycles. The summed E-state index contributed by atoms with van der Waals surface area (Å²) in [4.78, 5) is 51.6. The van der Waals surface area contributed by atoms with E-state index in [-0.39, 0.29) is 58.1 Å². The number of ether oxygens (including phenoxy) is 3. The molecule has 6 atom stereocenters. The summed E-state index contributed by atoms with van der Waals surface area (Å²) in [5.41, 5.74) is 0.377. The third-order valence-corrected chi connectivity index (χ3v) is 9.87. The van der Waals surface area contributed by atoms with Gasteiger partial charge in [0.1, 0.15) is 11.5 Å². The van der Waals surface area contributed by atoms with Gasteiger partial charge in [-0.1, -0.05) is 31.9 Å². The average molecular weight is 588 g/mol. The minimum absolute atomic E-state index is 0.0474. The molecule has 9 nitrogen and oxygen atoms in total. The molecule has 1 N–H and O–H groups in total. The first kappa shape index (κ1) is 24.0. The van der Waals surface area contributed by atoms with Crippen LogP contribution in [0.2, 0.25) is 0 Å². The van der Waals surface area contributed by atoms with E-state index in [0.29, 0.717) is 17.2 Å². The molecule has 3 aliphatic rings. The third kappa shape index (κ3) is 4.37. The lowest BCUT2D eigenvalue weighted by atomic mass is 9.81. The van der Waals surface area contributed by atoms with E-state index in [1.165, 1.54) is 19.1 Å². The zero-order chi connectivity index (χ0) is 23.9. The van der Waals surface area contributed by atoms with Gasteiger partial charge in [0.05, 0.1) is 38.2 Å². The van der Waals surface area contributed by atoms with Gasteiger partial charge in [-0.15, -0.1) is 0 Å². The Morgan fingerprint density at radius 2 is 1.70 bits per heavy atom. The zero-order valence-corrected chi connectivity index (χ0v) is 21.3. The third-order valence-electron chi connectivity index (χ3n) is 6.66. The highest BCUT2D eigenvalue weighted by molar-refractivity contribution is 9.12. The highest BCUT2D eigenvalue weighted by atomic mass is 79.9. The molecule has 0 aromatic heterocycles. The fourth-order valence-electron chi connectivity index (χ4n) is 5.15. The van der Waals surface area contributed by atoms with E-state index in [1.54, 1.807) is 18.2 Å². The number of halogens is 2. The van der Waals surface area contributed by atoms with Crippen molar-refractivity contribution in [2.45, 2.75) is 22.5 Å². The van der Waals surface area contributed by atoms with Crippen LogP contribution in [-0.2, 0) is 23.9 Å². The highest BCUT2D eigenvalue weighted by Crippen LogP contribution is 2.60. The van der Waals surface area contributed by atoms with E-state index < -0.39 is 18.5 Å². The molecule has 1 aromatic carbocycles. The first-order valence-electron chi connectivity index (χ1n) is 10.6. The van der Waals surface area contributed by atoms with E-state index in [9.17, 15) is 19.2 Å². The van der Waals surface area contributed by atoms with Gasteiger partial charge in [0, 0.05) is 22.3 Å². The van der Waals surface area contributed by atoms with Gasteiger partial charge in [0.2, 0.25) is 11.8 Å². The monoisotopic (exact) mass is 586 g/mol. The summed E-state index contributed by atoms with van der Waals surface area (Å²) in [7, 11) is 2.97. The maximum Gasteiger partial charge on any atom is 0.308 e. The van der Waals surface area contributed by atoms with Crippen molar-refractivity contribution < 1.29 is 33.4 Å². The van der Waals surface area contributed by atoms with Gasteiger partial charge in [0.15, 0.2) is 6.61 Å². The van der Waals surface area contributed by atoms with Crippen molar-refractivity contribution in [3.05, 3.63) is 18.2 Å². The summed E-state index contributed by atoms with van der Waals surface area (Å²) in [5.74, 6) is -1.09. The number of alkyl halides is 2. The Kier molecular flexibility index (Phi) is 6.99. The van der Waals surface area contributed by atoms with Gasteiger partial charge in [0.25, 0.3) is 5.91 Å². The van der Waals surface area contributed by atoms with Crippen molar-refractivity contribution in [2.75, 3.05) is 32.7 Å². The molecule has 178 valence electrons. The number of rotatable bonds is 8. The second kappa shape index (κ2) is 9.61. The molecule has 1 aliphatic heterocycles. The molecule has 2 aliphatic carbocycles. The molecule has 4 rings (SSSR count). The summed E-state index contributed by atoms with van der Waals surface area (Å²) in [6, 6.07) is 4.91. The lowest BCUT2D eigenvalue weighted by Gasteiger charge is -2.28. The van der Waals surface area contributed by atoms with Crippen molar-refractivity contribution in [3.63, 3.8) is 0 Å². The van der Waals surface area contributed by atoms with Gasteiger partial charge in [-0.3, -0.25) is 24.1 Å². The summed E-state index contributed by atoms with van der Waals surface area (Å²) in [6.07, 6.45) is 0.680. The summed E-state index contributed by atoms with van der Waals surface area (Å²) < 4.78 is 15.4. The van der Waals surface area contributed by atoms with E-state index >= 15 is 0 Å². The van der Waals surface area contributed by atoms with Crippen molar-refractivity contribution in [2.24, 2.45) is 23.7 Å². The molecule has 3 amide bonds. The van der Waals surface area contributed by atoms with E-state index in [1.807, 2.05) is 0 Å². The van der Waals surface area contributed by atoms with Gasteiger partial charge in [-0.2, -0.15) is 0 Å². The summed E-state index contributed by atoms with van der Waals surface area (Å²) >= 11 is 7.29. The number of hydrogen-bond acceptors (Lipinski definition) is 7. The van der Waals surface area contributed by atoms with Gasteiger partial charge < -0.3 is 19.5 Å². The number of imide groups is 1. The topological polar surface area (TPSA) is 111 Å². The number of carbonyl (C=O) groups is 4. The number of hydrogen-bond donors (Lipinski definition) is 1. The number of benzene rings is 1. The van der Waals surface area contributed by atoms with E-state index in [2.05, 4.69) is 37.2 Å². The van der Waals surface area contributed by atoms with Crippen LogP contribution in [0, 0.1) is 23.7 Å². The van der Waals surface area contributed by atoms with Gasteiger partial charge >= 0.3 is 5.97 Å². The Labute approximate surface area is 207 Å². The molecule has 2 bridgehead atoms. The lowest BCUT2D eigenvalue weighted by Crippen LogP contribution is -2.37. The molecule has 11 heteroatoms. The first-order valence-corrected chi connectivity index (χ1v) is 12.4.